The van der Waals surface area contributed by atoms with E-state index in [0.717, 1.165) is 24.5 Å². The fraction of sp³-hybridized carbons (Fsp3) is 0.353. The number of aryl methyl sites for hydroxylation is 2. The SMILES string of the molecule is COc1cccn2c(=O)cc(NC3CNc4c(c(C)nn4C)C3)nc12. The Morgan fingerprint density at radius 3 is 3.08 bits per heavy atom. The minimum absolute atomic E-state index is 0.124. The van der Waals surface area contributed by atoms with Gasteiger partial charge in [-0.25, -0.2) is 4.98 Å². The number of methoxy groups -OCH3 is 1. The van der Waals surface area contributed by atoms with Crippen molar-refractivity contribution in [1.29, 1.82) is 0 Å². The van der Waals surface area contributed by atoms with E-state index in [1.807, 2.05) is 18.7 Å². The molecule has 4 rings (SSSR count). The molecule has 8 heteroatoms. The minimum atomic E-state index is -0.145. The van der Waals surface area contributed by atoms with Gasteiger partial charge < -0.3 is 15.4 Å². The topological polar surface area (TPSA) is 85.5 Å². The van der Waals surface area contributed by atoms with E-state index in [2.05, 4.69) is 20.7 Å². The first-order valence-corrected chi connectivity index (χ1v) is 8.16. The second-order valence-corrected chi connectivity index (χ2v) is 6.21. The lowest BCUT2D eigenvalue weighted by atomic mass is 10.0. The van der Waals surface area contributed by atoms with Gasteiger partial charge in [0.1, 0.15) is 11.6 Å². The van der Waals surface area contributed by atoms with E-state index in [4.69, 9.17) is 4.74 Å². The van der Waals surface area contributed by atoms with Crippen molar-refractivity contribution >= 4 is 17.3 Å². The van der Waals surface area contributed by atoms with Gasteiger partial charge in [0.25, 0.3) is 5.56 Å². The van der Waals surface area contributed by atoms with Crippen LogP contribution in [-0.4, -0.2) is 38.9 Å². The highest BCUT2D eigenvalue weighted by Gasteiger charge is 2.24. The lowest BCUT2D eigenvalue weighted by Crippen LogP contribution is -2.35. The third-order valence-electron chi connectivity index (χ3n) is 4.54. The van der Waals surface area contributed by atoms with E-state index in [1.165, 1.54) is 16.0 Å². The summed E-state index contributed by atoms with van der Waals surface area (Å²) in [5.74, 6) is 2.17. The minimum Gasteiger partial charge on any atom is -0.493 e. The highest BCUT2D eigenvalue weighted by molar-refractivity contribution is 5.58. The zero-order valence-corrected chi connectivity index (χ0v) is 14.4. The Kier molecular flexibility index (Phi) is 3.60. The summed E-state index contributed by atoms with van der Waals surface area (Å²) < 4.78 is 8.67. The van der Waals surface area contributed by atoms with E-state index in [1.54, 1.807) is 25.4 Å². The maximum Gasteiger partial charge on any atom is 0.260 e. The van der Waals surface area contributed by atoms with Gasteiger partial charge in [0.05, 0.1) is 12.8 Å². The lowest BCUT2D eigenvalue weighted by molar-refractivity contribution is 0.416. The predicted molar refractivity (Wildman–Crippen MR) is 95.6 cm³/mol. The first-order chi connectivity index (χ1) is 12.1. The molecule has 25 heavy (non-hydrogen) atoms. The van der Waals surface area contributed by atoms with Crippen molar-refractivity contribution < 1.29 is 4.74 Å². The zero-order chi connectivity index (χ0) is 17.6. The first kappa shape index (κ1) is 15.5. The molecule has 1 unspecified atom stereocenters. The molecule has 2 N–H and O–H groups in total. The van der Waals surface area contributed by atoms with Crippen LogP contribution in [-0.2, 0) is 13.5 Å². The number of ether oxygens (including phenoxy) is 1. The lowest BCUT2D eigenvalue weighted by Gasteiger charge is -2.26. The van der Waals surface area contributed by atoms with Gasteiger partial charge >= 0.3 is 0 Å². The van der Waals surface area contributed by atoms with E-state index >= 15 is 0 Å². The van der Waals surface area contributed by atoms with E-state index < -0.39 is 0 Å². The Hall–Kier alpha value is -3.03. The molecule has 0 saturated carbocycles. The molecule has 1 atom stereocenters. The van der Waals surface area contributed by atoms with Crippen LogP contribution in [0.5, 0.6) is 5.75 Å². The van der Waals surface area contributed by atoms with Crippen molar-refractivity contribution in [3.63, 3.8) is 0 Å². The number of anilines is 2. The number of rotatable bonds is 3. The quantitative estimate of drug-likeness (QED) is 0.745. The van der Waals surface area contributed by atoms with Crippen molar-refractivity contribution in [3.05, 3.63) is 46.0 Å². The molecule has 0 spiro atoms. The van der Waals surface area contributed by atoms with Crippen molar-refractivity contribution in [2.24, 2.45) is 7.05 Å². The standard InChI is InChI=1S/C17H20N6O2/c1-10-12-7-11(9-18-16(12)22(2)21-10)19-14-8-15(24)23-6-4-5-13(25-3)17(23)20-14/h4-6,8,11,18-19H,7,9H2,1-3H3. The average Bonchev–Trinajstić information content (AvgIpc) is 2.88. The van der Waals surface area contributed by atoms with Crippen molar-refractivity contribution in [3.8, 4) is 5.75 Å². The van der Waals surface area contributed by atoms with E-state index in [9.17, 15) is 4.79 Å². The second kappa shape index (κ2) is 5.80. The molecule has 1 aliphatic heterocycles. The van der Waals surface area contributed by atoms with Crippen LogP contribution in [0.15, 0.2) is 29.2 Å². The smallest absolute Gasteiger partial charge is 0.260 e. The monoisotopic (exact) mass is 340 g/mol. The zero-order valence-electron chi connectivity index (χ0n) is 14.4. The maximum atomic E-state index is 12.4. The summed E-state index contributed by atoms with van der Waals surface area (Å²) in [6.45, 7) is 2.74. The summed E-state index contributed by atoms with van der Waals surface area (Å²) in [6, 6.07) is 5.19. The van der Waals surface area contributed by atoms with Crippen molar-refractivity contribution in [1.82, 2.24) is 19.2 Å². The number of hydrogen-bond donors (Lipinski definition) is 2. The molecule has 130 valence electrons. The van der Waals surface area contributed by atoms with E-state index in [0.29, 0.717) is 17.2 Å². The largest absolute Gasteiger partial charge is 0.493 e. The van der Waals surface area contributed by atoms with Gasteiger partial charge in [0.2, 0.25) is 0 Å². The van der Waals surface area contributed by atoms with Crippen LogP contribution in [0.25, 0.3) is 5.65 Å². The maximum absolute atomic E-state index is 12.4. The Morgan fingerprint density at radius 1 is 1.44 bits per heavy atom. The number of pyridine rings is 1. The molecule has 0 bridgehead atoms. The van der Waals surface area contributed by atoms with Gasteiger partial charge in [0.15, 0.2) is 11.4 Å². The molecule has 0 radical (unpaired) electrons. The highest BCUT2D eigenvalue weighted by Crippen LogP contribution is 2.25. The molecule has 0 fully saturated rings. The Labute approximate surface area is 144 Å². The summed E-state index contributed by atoms with van der Waals surface area (Å²) in [7, 11) is 3.50. The fourth-order valence-electron chi connectivity index (χ4n) is 3.35. The van der Waals surface area contributed by atoms with Gasteiger partial charge in [-0.2, -0.15) is 5.10 Å². The molecule has 0 aromatic carbocycles. The van der Waals surface area contributed by atoms with E-state index in [-0.39, 0.29) is 11.6 Å². The number of aromatic nitrogens is 4. The Bertz CT molecular complexity index is 1010. The van der Waals surface area contributed by atoms with Crippen LogP contribution < -0.4 is 20.9 Å². The molecular weight excluding hydrogens is 320 g/mol. The third kappa shape index (κ3) is 2.59. The molecule has 0 amide bonds. The van der Waals surface area contributed by atoms with Gasteiger partial charge in [-0.05, 0) is 25.5 Å². The molecule has 8 nitrogen and oxygen atoms in total. The molecule has 0 saturated heterocycles. The molecule has 3 aromatic rings. The van der Waals surface area contributed by atoms with Crippen LogP contribution in [0.3, 0.4) is 0 Å². The molecule has 4 heterocycles. The number of fused-ring (bicyclic) bond motifs is 2. The fourth-order valence-corrected chi connectivity index (χ4v) is 3.35. The van der Waals surface area contributed by atoms with Gasteiger partial charge in [-0.3, -0.25) is 13.9 Å². The molecule has 0 aliphatic carbocycles. The van der Waals surface area contributed by atoms with Gasteiger partial charge in [-0.15, -0.1) is 0 Å². The Morgan fingerprint density at radius 2 is 2.28 bits per heavy atom. The normalized spacial score (nSPS) is 16.4. The second-order valence-electron chi connectivity index (χ2n) is 6.21. The van der Waals surface area contributed by atoms with Crippen LogP contribution in [0.2, 0.25) is 0 Å². The number of hydrogen-bond acceptors (Lipinski definition) is 6. The highest BCUT2D eigenvalue weighted by atomic mass is 16.5. The first-order valence-electron chi connectivity index (χ1n) is 8.16. The van der Waals surface area contributed by atoms with Crippen LogP contribution in [0, 0.1) is 6.92 Å². The molecule has 1 aliphatic rings. The summed E-state index contributed by atoms with van der Waals surface area (Å²) in [4.78, 5) is 16.9. The van der Waals surface area contributed by atoms with Crippen molar-refractivity contribution in [2.45, 2.75) is 19.4 Å². The summed E-state index contributed by atoms with van der Waals surface area (Å²) >= 11 is 0. The Balaban J connectivity index is 1.65. The third-order valence-corrected chi connectivity index (χ3v) is 4.54. The number of nitrogens with one attached hydrogen (secondary N) is 2. The van der Waals surface area contributed by atoms with Gasteiger partial charge in [-0.1, -0.05) is 0 Å². The van der Waals surface area contributed by atoms with Crippen LogP contribution in [0.1, 0.15) is 11.3 Å². The predicted octanol–water partition coefficient (Wildman–Crippen LogP) is 1.19. The molecular formula is C17H20N6O2. The van der Waals surface area contributed by atoms with Crippen LogP contribution in [0.4, 0.5) is 11.6 Å². The summed E-state index contributed by atoms with van der Waals surface area (Å²) in [5.41, 5.74) is 2.57. The van der Waals surface area contributed by atoms with Crippen molar-refractivity contribution in [2.75, 3.05) is 24.3 Å². The summed E-state index contributed by atoms with van der Waals surface area (Å²) in [6.07, 6.45) is 2.51. The van der Waals surface area contributed by atoms with Gasteiger partial charge in [0, 0.05) is 37.5 Å². The average molecular weight is 340 g/mol. The summed E-state index contributed by atoms with van der Waals surface area (Å²) in [5, 5.41) is 11.2. The number of nitrogens with zero attached hydrogens (tertiary/aromatic N) is 4. The van der Waals surface area contributed by atoms with Crippen LogP contribution >= 0.6 is 0 Å². The molecule has 3 aromatic heterocycles.